The summed E-state index contributed by atoms with van der Waals surface area (Å²) in [4.78, 5) is 12.6. The van der Waals surface area contributed by atoms with Crippen molar-refractivity contribution < 1.29 is 9.53 Å². The van der Waals surface area contributed by atoms with Crippen LogP contribution in [0.4, 0.5) is 0 Å². The van der Waals surface area contributed by atoms with Crippen LogP contribution in [0.5, 0.6) is 5.75 Å². The fourth-order valence-electron chi connectivity index (χ4n) is 3.64. The van der Waals surface area contributed by atoms with E-state index in [1.165, 1.54) is 44.1 Å². The van der Waals surface area contributed by atoms with Gasteiger partial charge in [-0.05, 0) is 24.1 Å². The highest BCUT2D eigenvalue weighted by atomic mass is 16.5. The number of benzene rings is 1. The summed E-state index contributed by atoms with van der Waals surface area (Å²) in [6, 6.07) is 5.99. The minimum Gasteiger partial charge on any atom is -0.492 e. The van der Waals surface area contributed by atoms with Gasteiger partial charge in [0.25, 0.3) is 0 Å². The number of fused-ring (bicyclic) bond motifs is 1. The van der Waals surface area contributed by atoms with Crippen LogP contribution >= 0.6 is 0 Å². The molecule has 3 rings (SSSR count). The summed E-state index contributed by atoms with van der Waals surface area (Å²) in [6.07, 6.45) is 8.45. The summed E-state index contributed by atoms with van der Waals surface area (Å²) in [5.74, 6) is 1.86. The van der Waals surface area contributed by atoms with Crippen LogP contribution in [0.3, 0.4) is 0 Å². The molecule has 1 fully saturated rings. The van der Waals surface area contributed by atoms with E-state index in [-0.39, 0.29) is 5.41 Å². The fraction of sp³-hybridized carbons (Fsp3) is 0.632. The Morgan fingerprint density at radius 1 is 1.19 bits per heavy atom. The molecule has 1 saturated carbocycles. The van der Waals surface area contributed by atoms with Gasteiger partial charge < -0.3 is 4.74 Å². The molecule has 0 N–H and O–H groups in total. The van der Waals surface area contributed by atoms with E-state index < -0.39 is 0 Å². The predicted octanol–water partition coefficient (Wildman–Crippen LogP) is 4.90. The maximum absolute atomic E-state index is 12.6. The number of carbonyl (C=O) groups is 1. The van der Waals surface area contributed by atoms with Crippen molar-refractivity contribution in [3.05, 3.63) is 29.3 Å². The van der Waals surface area contributed by atoms with Crippen molar-refractivity contribution in [3.63, 3.8) is 0 Å². The maximum Gasteiger partial charge on any atom is 0.163 e. The van der Waals surface area contributed by atoms with Crippen LogP contribution in [-0.2, 0) is 5.41 Å². The fourth-order valence-corrected chi connectivity index (χ4v) is 3.64. The van der Waals surface area contributed by atoms with Crippen LogP contribution in [0, 0.1) is 5.92 Å². The van der Waals surface area contributed by atoms with Gasteiger partial charge in [-0.3, -0.25) is 4.79 Å². The van der Waals surface area contributed by atoms with Gasteiger partial charge in [-0.15, -0.1) is 0 Å². The smallest absolute Gasteiger partial charge is 0.163 e. The minimum absolute atomic E-state index is 0.0218. The van der Waals surface area contributed by atoms with Gasteiger partial charge in [-0.25, -0.2) is 0 Å². The molecule has 0 spiro atoms. The molecule has 1 aliphatic heterocycles. The van der Waals surface area contributed by atoms with Crippen LogP contribution in [-0.4, -0.2) is 12.4 Å². The molecule has 2 aliphatic rings. The second kappa shape index (κ2) is 5.82. The minimum atomic E-state index is 0.0218. The van der Waals surface area contributed by atoms with Gasteiger partial charge >= 0.3 is 0 Å². The number of ketones is 1. The number of hydrogen-bond donors (Lipinski definition) is 0. The van der Waals surface area contributed by atoms with Crippen molar-refractivity contribution in [2.45, 2.75) is 64.2 Å². The van der Waals surface area contributed by atoms with Crippen molar-refractivity contribution >= 4 is 5.78 Å². The number of rotatable bonds is 3. The van der Waals surface area contributed by atoms with Crippen LogP contribution < -0.4 is 4.74 Å². The first-order valence-corrected chi connectivity index (χ1v) is 8.37. The quantitative estimate of drug-likeness (QED) is 0.583. The highest BCUT2D eigenvalue weighted by Gasteiger charge is 2.32. The van der Waals surface area contributed by atoms with Crippen LogP contribution in [0.1, 0.15) is 74.7 Å². The number of carbonyl (C=O) groups excluding carboxylic acids is 1. The first-order chi connectivity index (χ1) is 10.1. The molecule has 21 heavy (non-hydrogen) atoms. The summed E-state index contributed by atoms with van der Waals surface area (Å²) in [5.41, 5.74) is 2.08. The SMILES string of the molecule is CC1(C)COc2ccc(C(=O)CC3CCCCCC3)cc21. The van der Waals surface area contributed by atoms with Crippen molar-refractivity contribution in [3.8, 4) is 5.75 Å². The molecular formula is C19H26O2. The summed E-state index contributed by atoms with van der Waals surface area (Å²) in [7, 11) is 0. The highest BCUT2D eigenvalue weighted by molar-refractivity contribution is 5.96. The van der Waals surface area contributed by atoms with Crippen molar-refractivity contribution in [2.75, 3.05) is 6.61 Å². The third-order valence-corrected chi connectivity index (χ3v) is 5.07. The van der Waals surface area contributed by atoms with E-state index in [4.69, 9.17) is 4.74 Å². The third-order valence-electron chi connectivity index (χ3n) is 5.07. The van der Waals surface area contributed by atoms with Gasteiger partial charge in [0.1, 0.15) is 5.75 Å². The number of hydrogen-bond acceptors (Lipinski definition) is 2. The van der Waals surface area contributed by atoms with Crippen LogP contribution in [0.25, 0.3) is 0 Å². The predicted molar refractivity (Wildman–Crippen MR) is 85.1 cm³/mol. The van der Waals surface area contributed by atoms with Crippen molar-refractivity contribution in [2.24, 2.45) is 5.92 Å². The lowest BCUT2D eigenvalue weighted by molar-refractivity contribution is 0.0957. The third kappa shape index (κ3) is 3.14. The molecule has 114 valence electrons. The Morgan fingerprint density at radius 3 is 2.62 bits per heavy atom. The topological polar surface area (TPSA) is 26.3 Å². The van der Waals surface area contributed by atoms with Crippen molar-refractivity contribution in [1.29, 1.82) is 0 Å². The van der Waals surface area contributed by atoms with Crippen LogP contribution in [0.15, 0.2) is 18.2 Å². The van der Waals surface area contributed by atoms with Gasteiger partial charge in [0.2, 0.25) is 0 Å². The summed E-state index contributed by atoms with van der Waals surface area (Å²) < 4.78 is 5.70. The lowest BCUT2D eigenvalue weighted by Crippen LogP contribution is -2.18. The summed E-state index contributed by atoms with van der Waals surface area (Å²) in [6.45, 7) is 5.07. The van der Waals surface area contributed by atoms with E-state index in [1.807, 2.05) is 12.1 Å². The number of Topliss-reactive ketones (excluding diaryl/α,β-unsaturated/α-hetero) is 1. The van der Waals surface area contributed by atoms with E-state index >= 15 is 0 Å². The van der Waals surface area contributed by atoms with Gasteiger partial charge in [0.15, 0.2) is 5.78 Å². The molecule has 1 aromatic rings. The van der Waals surface area contributed by atoms with Gasteiger partial charge in [-0.2, -0.15) is 0 Å². The zero-order valence-electron chi connectivity index (χ0n) is 13.3. The van der Waals surface area contributed by atoms with E-state index in [0.29, 0.717) is 18.3 Å². The average molecular weight is 286 g/mol. The molecule has 0 atom stereocenters. The molecule has 0 radical (unpaired) electrons. The molecule has 1 heterocycles. The summed E-state index contributed by atoms with van der Waals surface area (Å²) >= 11 is 0. The van der Waals surface area contributed by atoms with E-state index in [2.05, 4.69) is 19.9 Å². The molecule has 2 heteroatoms. The van der Waals surface area contributed by atoms with E-state index in [9.17, 15) is 4.79 Å². The average Bonchev–Trinajstić information content (AvgIpc) is 2.66. The molecule has 2 nitrogen and oxygen atoms in total. The molecule has 1 aliphatic carbocycles. The lowest BCUT2D eigenvalue weighted by Gasteiger charge is -2.16. The second-order valence-electron chi connectivity index (χ2n) is 7.37. The Balaban J connectivity index is 1.73. The maximum atomic E-state index is 12.6. The molecular weight excluding hydrogens is 260 g/mol. The zero-order chi connectivity index (χ0) is 14.9. The Kier molecular flexibility index (Phi) is 4.05. The Morgan fingerprint density at radius 2 is 1.90 bits per heavy atom. The molecule has 0 unspecified atom stereocenters. The molecule has 0 aromatic heterocycles. The normalized spacial score (nSPS) is 21.4. The largest absolute Gasteiger partial charge is 0.492 e. The zero-order valence-corrected chi connectivity index (χ0v) is 13.3. The Labute approximate surface area is 127 Å². The first-order valence-electron chi connectivity index (χ1n) is 8.37. The second-order valence-corrected chi connectivity index (χ2v) is 7.37. The molecule has 0 bridgehead atoms. The number of ether oxygens (including phenoxy) is 1. The standard InChI is InChI=1S/C19H26O2/c1-19(2)13-21-18-10-9-15(12-16(18)19)17(20)11-14-7-5-3-4-6-8-14/h9-10,12,14H,3-8,11,13H2,1-2H3. The summed E-state index contributed by atoms with van der Waals surface area (Å²) in [5, 5.41) is 0. The first kappa shape index (κ1) is 14.6. The van der Waals surface area contributed by atoms with Crippen LogP contribution in [0.2, 0.25) is 0 Å². The molecule has 0 amide bonds. The van der Waals surface area contributed by atoms with Gasteiger partial charge in [-0.1, -0.05) is 52.4 Å². The Hall–Kier alpha value is -1.31. The van der Waals surface area contributed by atoms with Crippen molar-refractivity contribution in [1.82, 2.24) is 0 Å². The van der Waals surface area contributed by atoms with Gasteiger partial charge in [0, 0.05) is 23.0 Å². The van der Waals surface area contributed by atoms with Gasteiger partial charge in [0.05, 0.1) is 6.61 Å². The monoisotopic (exact) mass is 286 g/mol. The van der Waals surface area contributed by atoms with E-state index in [0.717, 1.165) is 17.7 Å². The molecule has 1 aromatic carbocycles. The molecule has 0 saturated heterocycles. The lowest BCUT2D eigenvalue weighted by atomic mass is 9.85. The van der Waals surface area contributed by atoms with E-state index in [1.54, 1.807) is 0 Å². The Bertz CT molecular complexity index is 522. The highest BCUT2D eigenvalue weighted by Crippen LogP contribution is 2.39.